The number of aryl methyl sites for hydroxylation is 2. The molecule has 0 aliphatic heterocycles. The van der Waals surface area contributed by atoms with E-state index in [1.807, 2.05) is 38.1 Å². The molecule has 0 spiro atoms. The number of benzene rings is 2. The molecule has 0 amide bonds. The predicted octanol–water partition coefficient (Wildman–Crippen LogP) is 6.56. The maximum atomic E-state index is 12.6. The lowest BCUT2D eigenvalue weighted by atomic mass is 9.74. The summed E-state index contributed by atoms with van der Waals surface area (Å²) in [5.74, 6) is -1.14. The van der Waals surface area contributed by atoms with Gasteiger partial charge in [0.2, 0.25) is 0 Å². The van der Waals surface area contributed by atoms with Crippen LogP contribution in [-0.4, -0.2) is 23.1 Å². The Morgan fingerprint density at radius 3 is 1.35 bits per heavy atom. The molecule has 2 aromatic rings. The van der Waals surface area contributed by atoms with E-state index in [-0.39, 0.29) is 0 Å². The van der Waals surface area contributed by atoms with E-state index in [9.17, 15) is 9.59 Å². The van der Waals surface area contributed by atoms with Crippen LogP contribution in [0.2, 0.25) is 0 Å². The number of carbonyl (C=O) groups excluding carboxylic acids is 2. The zero-order valence-corrected chi connectivity index (χ0v) is 20.7. The molecule has 0 saturated heterocycles. The summed E-state index contributed by atoms with van der Waals surface area (Å²) in [6.07, 6.45) is 6.95. The van der Waals surface area contributed by atoms with E-state index >= 15 is 0 Å². The zero-order valence-electron chi connectivity index (χ0n) is 20.7. The largest absolute Gasteiger partial charge is 0.373 e. The van der Waals surface area contributed by atoms with Gasteiger partial charge >= 0.3 is 11.9 Å². The quantitative estimate of drug-likeness (QED) is 0.290. The van der Waals surface area contributed by atoms with E-state index in [0.29, 0.717) is 24.0 Å². The first kappa shape index (κ1) is 25.9. The highest BCUT2D eigenvalue weighted by atomic mass is 17.2. The summed E-state index contributed by atoms with van der Waals surface area (Å²) >= 11 is 0. The van der Waals surface area contributed by atoms with E-state index in [1.54, 1.807) is 24.3 Å². The van der Waals surface area contributed by atoms with Crippen LogP contribution in [0.1, 0.15) is 98.1 Å². The van der Waals surface area contributed by atoms with Gasteiger partial charge in [0.1, 0.15) is 11.2 Å². The van der Waals surface area contributed by atoms with Crippen LogP contribution in [0.3, 0.4) is 0 Å². The van der Waals surface area contributed by atoms with Crippen LogP contribution in [0.4, 0.5) is 0 Å². The Kier molecular flexibility index (Phi) is 8.86. The van der Waals surface area contributed by atoms with Crippen molar-refractivity contribution < 1.29 is 29.1 Å². The van der Waals surface area contributed by atoms with E-state index in [4.69, 9.17) is 19.6 Å². The summed E-state index contributed by atoms with van der Waals surface area (Å²) in [7, 11) is 0. The van der Waals surface area contributed by atoms with E-state index < -0.39 is 23.1 Å². The van der Waals surface area contributed by atoms with Crippen molar-refractivity contribution in [1.82, 2.24) is 0 Å². The molecule has 0 aromatic heterocycles. The van der Waals surface area contributed by atoms with Gasteiger partial charge in [0.25, 0.3) is 0 Å². The summed E-state index contributed by atoms with van der Waals surface area (Å²) in [5, 5.41) is 0. The number of rotatable bonds is 10. The molecule has 0 heterocycles. The highest BCUT2D eigenvalue weighted by Gasteiger charge is 2.53. The Bertz CT molecular complexity index is 872. The predicted molar refractivity (Wildman–Crippen MR) is 129 cm³/mol. The van der Waals surface area contributed by atoms with E-state index in [2.05, 4.69) is 13.8 Å². The molecule has 3 rings (SSSR count). The van der Waals surface area contributed by atoms with Gasteiger partial charge in [-0.1, -0.05) is 63.8 Å². The van der Waals surface area contributed by atoms with Gasteiger partial charge in [0.15, 0.2) is 0 Å². The van der Waals surface area contributed by atoms with Crippen LogP contribution in [0.5, 0.6) is 0 Å². The fourth-order valence-corrected chi connectivity index (χ4v) is 4.26. The van der Waals surface area contributed by atoms with Crippen molar-refractivity contribution >= 4 is 11.9 Å². The standard InChI is InChI=1S/C28H36O6/c1-5-9-21-11-15-23(16-12-21)25(29)31-33-27(3)19-7-8-20-28(27,4)34-32-26(30)24-17-13-22(10-6-2)14-18-24/h11-18H,5-10,19-20H2,1-4H3. The van der Waals surface area contributed by atoms with Crippen molar-refractivity contribution in [1.29, 1.82) is 0 Å². The first-order valence-corrected chi connectivity index (χ1v) is 12.3. The fraction of sp³-hybridized carbons (Fsp3) is 0.500. The van der Waals surface area contributed by atoms with Crippen LogP contribution in [-0.2, 0) is 32.4 Å². The Labute approximate surface area is 202 Å². The minimum atomic E-state index is -0.978. The molecule has 6 nitrogen and oxygen atoms in total. The maximum absolute atomic E-state index is 12.6. The van der Waals surface area contributed by atoms with Crippen molar-refractivity contribution in [2.45, 2.75) is 90.3 Å². The molecule has 6 heteroatoms. The van der Waals surface area contributed by atoms with E-state index in [0.717, 1.165) is 38.5 Å². The van der Waals surface area contributed by atoms with Crippen molar-refractivity contribution in [2.24, 2.45) is 0 Å². The lowest BCUT2D eigenvalue weighted by Gasteiger charge is -2.45. The topological polar surface area (TPSA) is 71.1 Å². The summed E-state index contributed by atoms with van der Waals surface area (Å²) < 4.78 is 0. The van der Waals surface area contributed by atoms with Gasteiger partial charge in [-0.2, -0.15) is 9.78 Å². The van der Waals surface area contributed by atoms with Crippen molar-refractivity contribution in [2.75, 3.05) is 0 Å². The molecular formula is C28H36O6. The molecule has 1 aliphatic rings. The van der Waals surface area contributed by atoms with Gasteiger partial charge in [0, 0.05) is 0 Å². The van der Waals surface area contributed by atoms with Crippen LogP contribution < -0.4 is 0 Å². The normalized spacial score (nSPS) is 22.2. The molecule has 1 fully saturated rings. The molecular weight excluding hydrogens is 432 g/mol. The van der Waals surface area contributed by atoms with Crippen LogP contribution >= 0.6 is 0 Å². The van der Waals surface area contributed by atoms with Crippen molar-refractivity contribution in [3.63, 3.8) is 0 Å². The van der Waals surface area contributed by atoms with Gasteiger partial charge in [-0.3, -0.25) is 9.78 Å². The number of hydrogen-bond donors (Lipinski definition) is 0. The summed E-state index contributed by atoms with van der Waals surface area (Å²) in [6, 6.07) is 14.6. The third-order valence-electron chi connectivity index (χ3n) is 6.74. The highest BCUT2D eigenvalue weighted by molar-refractivity contribution is 5.89. The SMILES string of the molecule is CCCc1ccc(C(=O)OOC2(C)CCCCC2(C)OOC(=O)c2ccc(CCC)cc2)cc1. The first-order chi connectivity index (χ1) is 16.3. The lowest BCUT2D eigenvalue weighted by molar-refractivity contribution is -0.418. The molecule has 34 heavy (non-hydrogen) atoms. The summed E-state index contributed by atoms with van der Waals surface area (Å²) in [5.41, 5.74) is 1.21. The van der Waals surface area contributed by atoms with Crippen molar-refractivity contribution in [3.05, 3.63) is 70.8 Å². The molecule has 0 radical (unpaired) electrons. The second-order valence-electron chi connectivity index (χ2n) is 9.47. The van der Waals surface area contributed by atoms with Gasteiger partial charge in [-0.15, -0.1) is 0 Å². The average Bonchev–Trinajstić information content (AvgIpc) is 2.84. The Morgan fingerprint density at radius 1 is 0.676 bits per heavy atom. The molecule has 2 aromatic carbocycles. The Balaban J connectivity index is 1.61. The Hall–Kier alpha value is -2.70. The van der Waals surface area contributed by atoms with E-state index in [1.165, 1.54) is 11.1 Å². The van der Waals surface area contributed by atoms with Crippen LogP contribution in [0, 0.1) is 0 Å². The van der Waals surface area contributed by atoms with Crippen LogP contribution in [0.25, 0.3) is 0 Å². The maximum Gasteiger partial charge on any atom is 0.373 e. The molecule has 184 valence electrons. The molecule has 0 bridgehead atoms. The highest BCUT2D eigenvalue weighted by Crippen LogP contribution is 2.43. The zero-order chi connectivity index (χ0) is 24.6. The van der Waals surface area contributed by atoms with Gasteiger partial charge in [-0.25, -0.2) is 9.59 Å². The number of hydrogen-bond acceptors (Lipinski definition) is 6. The third-order valence-corrected chi connectivity index (χ3v) is 6.74. The second kappa shape index (κ2) is 11.6. The molecule has 2 unspecified atom stereocenters. The first-order valence-electron chi connectivity index (χ1n) is 12.3. The fourth-order valence-electron chi connectivity index (χ4n) is 4.26. The van der Waals surface area contributed by atoms with Gasteiger partial charge < -0.3 is 0 Å². The second-order valence-corrected chi connectivity index (χ2v) is 9.47. The molecule has 2 atom stereocenters. The average molecular weight is 469 g/mol. The third kappa shape index (κ3) is 6.24. The minimum Gasteiger partial charge on any atom is -0.292 e. The molecule has 1 aliphatic carbocycles. The minimum absolute atomic E-state index is 0.417. The molecule has 0 N–H and O–H groups in total. The van der Waals surface area contributed by atoms with Gasteiger partial charge in [0.05, 0.1) is 11.1 Å². The van der Waals surface area contributed by atoms with Gasteiger partial charge in [-0.05, 0) is 74.9 Å². The molecule has 1 saturated carbocycles. The Morgan fingerprint density at radius 2 is 1.03 bits per heavy atom. The van der Waals surface area contributed by atoms with Crippen LogP contribution in [0.15, 0.2) is 48.5 Å². The smallest absolute Gasteiger partial charge is 0.292 e. The lowest BCUT2D eigenvalue weighted by Crippen LogP contribution is -2.56. The summed E-state index contributed by atoms with van der Waals surface area (Å²) in [4.78, 5) is 47.0. The number of carbonyl (C=O) groups is 2. The van der Waals surface area contributed by atoms with Crippen molar-refractivity contribution in [3.8, 4) is 0 Å². The summed E-state index contributed by atoms with van der Waals surface area (Å²) in [6.45, 7) is 7.86. The monoisotopic (exact) mass is 468 g/mol.